The lowest BCUT2D eigenvalue weighted by Gasteiger charge is -2.20. The number of carbonyl (C=O) groups excluding carboxylic acids is 2. The van der Waals surface area contributed by atoms with Crippen LogP contribution < -0.4 is 0 Å². The maximum Gasteiger partial charge on any atom is 0.345 e. The van der Waals surface area contributed by atoms with Gasteiger partial charge in [-0.1, -0.05) is 30.3 Å². The zero-order valence-corrected chi connectivity index (χ0v) is 12.9. The van der Waals surface area contributed by atoms with E-state index in [2.05, 4.69) is 28.1 Å². The van der Waals surface area contributed by atoms with E-state index in [1.54, 1.807) is 13.0 Å². The lowest BCUT2D eigenvalue weighted by atomic mass is 9.90. The predicted molar refractivity (Wildman–Crippen MR) is 80.4 cm³/mol. The van der Waals surface area contributed by atoms with Gasteiger partial charge in [0.25, 0.3) is 0 Å². The number of carbonyl (C=O) groups is 2. The third kappa shape index (κ3) is 4.04. The van der Waals surface area contributed by atoms with Crippen LogP contribution in [0.25, 0.3) is 0 Å². The Morgan fingerprint density at radius 3 is 2.60 bits per heavy atom. The normalized spacial score (nSPS) is 19.4. The third-order valence-electron chi connectivity index (χ3n) is 3.41. The third-order valence-corrected chi connectivity index (χ3v) is 4.00. The number of aryl methyl sites for hydroxylation is 1. The van der Waals surface area contributed by atoms with Gasteiger partial charge in [-0.2, -0.15) is 0 Å². The van der Waals surface area contributed by atoms with E-state index in [0.717, 1.165) is 12.8 Å². The number of rotatable bonds is 6. The van der Waals surface area contributed by atoms with Crippen LogP contribution in [-0.2, 0) is 20.7 Å². The number of cyclic esters (lactones) is 1. The summed E-state index contributed by atoms with van der Waals surface area (Å²) in [6, 6.07) is 10.1. The molecule has 0 N–H and O–H groups in total. The van der Waals surface area contributed by atoms with Gasteiger partial charge < -0.3 is 9.53 Å². The largest absolute Gasteiger partial charge is 0.454 e. The van der Waals surface area contributed by atoms with Crippen LogP contribution in [0.15, 0.2) is 40.9 Å². The van der Waals surface area contributed by atoms with E-state index in [9.17, 15) is 9.59 Å². The Morgan fingerprint density at radius 2 is 2.05 bits per heavy atom. The molecule has 0 saturated carbocycles. The Labute approximate surface area is 127 Å². The molecule has 0 spiro atoms. The lowest BCUT2D eigenvalue weighted by molar-refractivity contribution is -0.141. The molecule has 2 atom stereocenters. The second-order valence-corrected chi connectivity index (χ2v) is 5.93. The van der Waals surface area contributed by atoms with Crippen molar-refractivity contribution in [2.45, 2.75) is 32.3 Å². The first kappa shape index (κ1) is 15.0. The maximum absolute atomic E-state index is 11.4. The van der Waals surface area contributed by atoms with Crippen molar-refractivity contribution in [3.05, 3.63) is 46.5 Å². The topological polar surface area (TPSA) is 43.4 Å². The zero-order chi connectivity index (χ0) is 14.5. The van der Waals surface area contributed by atoms with Gasteiger partial charge in [-0.05, 0) is 47.3 Å². The van der Waals surface area contributed by atoms with Gasteiger partial charge in [-0.15, -0.1) is 0 Å². The molecule has 106 valence electrons. The van der Waals surface area contributed by atoms with E-state index in [-0.39, 0.29) is 23.8 Å². The molecule has 0 bridgehead atoms. The quantitative estimate of drug-likeness (QED) is 0.747. The summed E-state index contributed by atoms with van der Waals surface area (Å²) in [4.78, 5) is 22.8. The van der Waals surface area contributed by atoms with Crippen LogP contribution in [-0.4, -0.2) is 17.9 Å². The Kier molecular flexibility index (Phi) is 5.12. The second kappa shape index (κ2) is 6.84. The number of benzene rings is 1. The van der Waals surface area contributed by atoms with Crippen molar-refractivity contribution in [2.24, 2.45) is 5.92 Å². The first-order valence-electron chi connectivity index (χ1n) is 6.68. The van der Waals surface area contributed by atoms with E-state index < -0.39 is 0 Å². The van der Waals surface area contributed by atoms with Gasteiger partial charge in [0.05, 0.1) is 0 Å². The predicted octanol–water partition coefficient (Wildman–Crippen LogP) is 3.42. The maximum atomic E-state index is 11.4. The Bertz CT molecular complexity index is 522. The first-order valence-corrected chi connectivity index (χ1v) is 7.47. The highest BCUT2D eigenvalue weighted by atomic mass is 79.9. The van der Waals surface area contributed by atoms with Crippen molar-refractivity contribution in [1.82, 2.24) is 0 Å². The fraction of sp³-hybridized carbons (Fsp3) is 0.375. The molecule has 1 aromatic rings. The molecule has 0 saturated heterocycles. The first-order chi connectivity index (χ1) is 9.56. The van der Waals surface area contributed by atoms with Crippen LogP contribution in [0.1, 0.15) is 25.3 Å². The molecule has 2 rings (SSSR count). The summed E-state index contributed by atoms with van der Waals surface area (Å²) in [6.45, 7) is 1.57. The minimum absolute atomic E-state index is 0.0340. The molecule has 20 heavy (non-hydrogen) atoms. The molecule has 1 aliphatic rings. The van der Waals surface area contributed by atoms with Gasteiger partial charge in [0.15, 0.2) is 0 Å². The Morgan fingerprint density at radius 1 is 1.35 bits per heavy atom. The number of ketones is 1. The highest BCUT2D eigenvalue weighted by molar-refractivity contribution is 9.12. The molecule has 3 nitrogen and oxygen atoms in total. The van der Waals surface area contributed by atoms with Crippen molar-refractivity contribution in [1.29, 1.82) is 0 Å². The molecule has 0 fully saturated rings. The van der Waals surface area contributed by atoms with Crippen LogP contribution in [0.3, 0.4) is 0 Å². The molecule has 4 heteroatoms. The minimum atomic E-state index is -0.344. The van der Waals surface area contributed by atoms with E-state index >= 15 is 0 Å². The minimum Gasteiger partial charge on any atom is -0.454 e. The average Bonchev–Trinajstić information content (AvgIpc) is 2.75. The fourth-order valence-corrected chi connectivity index (χ4v) is 2.76. The number of hydrogen-bond acceptors (Lipinski definition) is 3. The van der Waals surface area contributed by atoms with Crippen LogP contribution in [0, 0.1) is 5.92 Å². The lowest BCUT2D eigenvalue weighted by Crippen LogP contribution is -2.23. The summed E-state index contributed by atoms with van der Waals surface area (Å²) in [6.07, 6.45) is 3.59. The van der Waals surface area contributed by atoms with Crippen molar-refractivity contribution >= 4 is 27.7 Å². The molecular weight excluding hydrogens is 320 g/mol. The van der Waals surface area contributed by atoms with Gasteiger partial charge >= 0.3 is 5.97 Å². The SMILES string of the molecule is CC(=O)C[C@@H](CCc1ccccc1)[C@@H]1C=C(Br)C(=O)O1. The summed E-state index contributed by atoms with van der Waals surface area (Å²) < 4.78 is 5.75. The monoisotopic (exact) mass is 336 g/mol. The zero-order valence-electron chi connectivity index (χ0n) is 11.3. The van der Waals surface area contributed by atoms with Crippen molar-refractivity contribution in [3.63, 3.8) is 0 Å². The highest BCUT2D eigenvalue weighted by Gasteiger charge is 2.31. The van der Waals surface area contributed by atoms with Gasteiger partial charge in [0.2, 0.25) is 0 Å². The molecule has 0 radical (unpaired) electrons. The standard InChI is InChI=1S/C16H17BrO3/c1-11(18)9-13(15-10-14(17)16(19)20-15)8-7-12-5-3-2-4-6-12/h2-6,10,13,15H,7-9H2,1H3/t13-,15+/m1/s1. The van der Waals surface area contributed by atoms with E-state index in [0.29, 0.717) is 10.9 Å². The summed E-state index contributed by atoms with van der Waals surface area (Å²) in [5.41, 5.74) is 1.23. The number of hydrogen-bond donors (Lipinski definition) is 0. The number of esters is 1. The smallest absolute Gasteiger partial charge is 0.345 e. The molecule has 1 heterocycles. The van der Waals surface area contributed by atoms with Crippen molar-refractivity contribution < 1.29 is 14.3 Å². The van der Waals surface area contributed by atoms with Gasteiger partial charge in [0.1, 0.15) is 16.4 Å². The Hall–Kier alpha value is -1.42. The van der Waals surface area contributed by atoms with Gasteiger partial charge in [-0.3, -0.25) is 0 Å². The summed E-state index contributed by atoms with van der Waals surface area (Å²) >= 11 is 3.18. The van der Waals surface area contributed by atoms with Crippen LogP contribution in [0.2, 0.25) is 0 Å². The molecule has 0 amide bonds. The van der Waals surface area contributed by atoms with Crippen LogP contribution in [0.4, 0.5) is 0 Å². The molecule has 0 unspecified atom stereocenters. The number of halogens is 1. The Balaban J connectivity index is 2.01. The number of Topliss-reactive ketones (excluding diaryl/α,β-unsaturated/α-hetero) is 1. The molecular formula is C16H17BrO3. The van der Waals surface area contributed by atoms with E-state index in [4.69, 9.17) is 4.74 Å². The summed E-state index contributed by atoms with van der Waals surface area (Å²) in [7, 11) is 0. The highest BCUT2D eigenvalue weighted by Crippen LogP contribution is 2.28. The fourth-order valence-electron chi connectivity index (χ4n) is 2.41. The molecule has 1 aromatic carbocycles. The molecule has 0 aromatic heterocycles. The van der Waals surface area contributed by atoms with Gasteiger partial charge in [0, 0.05) is 12.3 Å². The molecule has 1 aliphatic heterocycles. The van der Waals surface area contributed by atoms with Crippen LogP contribution >= 0.6 is 15.9 Å². The summed E-state index contributed by atoms with van der Waals surface area (Å²) in [5.74, 6) is -0.189. The number of ether oxygens (including phenoxy) is 1. The molecule has 0 aliphatic carbocycles. The van der Waals surface area contributed by atoms with Crippen molar-refractivity contribution in [3.8, 4) is 0 Å². The summed E-state index contributed by atoms with van der Waals surface area (Å²) in [5, 5.41) is 0. The van der Waals surface area contributed by atoms with Gasteiger partial charge in [-0.25, -0.2) is 4.79 Å². The second-order valence-electron chi connectivity index (χ2n) is 5.08. The average molecular weight is 337 g/mol. The van der Waals surface area contributed by atoms with Crippen molar-refractivity contribution in [2.75, 3.05) is 0 Å². The van der Waals surface area contributed by atoms with Crippen LogP contribution in [0.5, 0.6) is 0 Å². The van der Waals surface area contributed by atoms with E-state index in [1.165, 1.54) is 5.56 Å². The van der Waals surface area contributed by atoms with E-state index in [1.807, 2.05) is 18.2 Å².